The molecule has 6 heteroatoms. The van der Waals surface area contributed by atoms with Gasteiger partial charge in [-0.2, -0.15) is 0 Å². The number of carboxylic acid groups (broad SMARTS) is 1. The average Bonchev–Trinajstić information content (AvgIpc) is 3.09. The summed E-state index contributed by atoms with van der Waals surface area (Å²) in [4.78, 5) is 23.8. The van der Waals surface area contributed by atoms with E-state index >= 15 is 0 Å². The number of carbonyl (C=O) groups is 2. The molecule has 0 aliphatic rings. The average molecular weight is 361 g/mol. The maximum atomic E-state index is 11.8. The minimum atomic E-state index is -0.931. The number of methoxy groups -OCH3 is 1. The van der Waals surface area contributed by atoms with Crippen LogP contribution in [0.15, 0.2) is 36.4 Å². The van der Waals surface area contributed by atoms with Crippen LogP contribution in [0, 0.1) is 0 Å². The Hall–Kier alpha value is -2.34. The number of ether oxygens (including phenoxy) is 1. The van der Waals surface area contributed by atoms with Crippen molar-refractivity contribution in [2.75, 3.05) is 7.11 Å². The highest BCUT2D eigenvalue weighted by Crippen LogP contribution is 2.16. The van der Waals surface area contributed by atoms with Crippen molar-refractivity contribution in [3.63, 3.8) is 0 Å². The molecule has 1 heterocycles. The van der Waals surface area contributed by atoms with Gasteiger partial charge in [0.1, 0.15) is 10.6 Å². The van der Waals surface area contributed by atoms with Crippen LogP contribution in [-0.2, 0) is 17.8 Å². The number of hydrogen-bond donors (Lipinski definition) is 2. The Morgan fingerprint density at radius 1 is 1.08 bits per heavy atom. The molecule has 134 valence electrons. The molecule has 0 aliphatic carbocycles. The van der Waals surface area contributed by atoms with Crippen molar-refractivity contribution >= 4 is 23.2 Å². The summed E-state index contributed by atoms with van der Waals surface area (Å²) in [6, 6.07) is 11.4. The third-order valence-electron chi connectivity index (χ3n) is 3.86. The molecule has 0 unspecified atom stereocenters. The summed E-state index contributed by atoms with van der Waals surface area (Å²) in [5, 5.41) is 11.7. The Bertz CT molecular complexity index is 694. The molecule has 2 rings (SSSR count). The first-order valence-electron chi connectivity index (χ1n) is 8.30. The molecule has 0 atom stereocenters. The zero-order valence-corrected chi connectivity index (χ0v) is 15.1. The van der Waals surface area contributed by atoms with E-state index in [4.69, 9.17) is 9.84 Å². The molecular formula is C19H23NO4S. The van der Waals surface area contributed by atoms with Gasteiger partial charge in [-0.25, -0.2) is 4.79 Å². The van der Waals surface area contributed by atoms with Crippen LogP contribution in [0.3, 0.4) is 0 Å². The number of benzene rings is 1. The first-order chi connectivity index (χ1) is 12.1. The fraction of sp³-hybridized carbons (Fsp3) is 0.368. The predicted molar refractivity (Wildman–Crippen MR) is 98.3 cm³/mol. The number of nitrogens with one attached hydrogen (secondary N) is 1. The third kappa shape index (κ3) is 6.58. The van der Waals surface area contributed by atoms with Gasteiger partial charge in [0.15, 0.2) is 0 Å². The Morgan fingerprint density at radius 2 is 1.84 bits per heavy atom. The van der Waals surface area contributed by atoms with Gasteiger partial charge in [-0.1, -0.05) is 18.6 Å². The minimum Gasteiger partial charge on any atom is -0.497 e. The predicted octanol–water partition coefficient (Wildman–Crippen LogP) is 3.87. The molecule has 2 N–H and O–H groups in total. The fourth-order valence-corrected chi connectivity index (χ4v) is 3.23. The summed E-state index contributed by atoms with van der Waals surface area (Å²) in [6.07, 6.45) is 4.40. The second-order valence-corrected chi connectivity index (χ2v) is 6.92. The first-order valence-corrected chi connectivity index (χ1v) is 9.12. The van der Waals surface area contributed by atoms with E-state index < -0.39 is 5.97 Å². The zero-order chi connectivity index (χ0) is 18.1. The van der Waals surface area contributed by atoms with Crippen molar-refractivity contribution < 1.29 is 19.4 Å². The van der Waals surface area contributed by atoms with Gasteiger partial charge >= 0.3 is 5.97 Å². The van der Waals surface area contributed by atoms with Crippen LogP contribution in [0.25, 0.3) is 0 Å². The van der Waals surface area contributed by atoms with E-state index in [1.54, 1.807) is 19.2 Å². The zero-order valence-electron chi connectivity index (χ0n) is 14.3. The van der Waals surface area contributed by atoms with E-state index in [2.05, 4.69) is 17.4 Å². The summed E-state index contributed by atoms with van der Waals surface area (Å²) in [7, 11) is 1.66. The van der Waals surface area contributed by atoms with Crippen LogP contribution in [0.5, 0.6) is 5.75 Å². The van der Waals surface area contributed by atoms with Gasteiger partial charge in [0.05, 0.1) is 13.7 Å². The maximum Gasteiger partial charge on any atom is 0.345 e. The number of aryl methyl sites for hydroxylation is 1. The normalized spacial score (nSPS) is 10.4. The van der Waals surface area contributed by atoms with Crippen LogP contribution in [0.1, 0.15) is 45.8 Å². The van der Waals surface area contributed by atoms with Crippen molar-refractivity contribution in [1.29, 1.82) is 0 Å². The van der Waals surface area contributed by atoms with Crippen LogP contribution in [-0.4, -0.2) is 24.1 Å². The highest BCUT2D eigenvalue weighted by Gasteiger charge is 2.08. The molecule has 0 saturated heterocycles. The highest BCUT2D eigenvalue weighted by molar-refractivity contribution is 7.13. The SMILES string of the molecule is COc1ccc(CCCCCC(=O)NCc2ccc(C(=O)O)s2)cc1. The standard InChI is InChI=1S/C19H23NO4S/c1-24-15-9-7-14(8-10-15)5-3-2-4-6-18(21)20-13-16-11-12-17(25-16)19(22)23/h7-12H,2-6,13H2,1H3,(H,20,21)(H,22,23). The third-order valence-corrected chi connectivity index (χ3v) is 4.93. The molecule has 2 aromatic rings. The lowest BCUT2D eigenvalue weighted by atomic mass is 10.1. The van der Waals surface area contributed by atoms with Gasteiger partial charge in [-0.15, -0.1) is 11.3 Å². The highest BCUT2D eigenvalue weighted by atomic mass is 32.1. The second kappa shape index (κ2) is 9.84. The van der Waals surface area contributed by atoms with Gasteiger partial charge in [0, 0.05) is 11.3 Å². The molecular weight excluding hydrogens is 338 g/mol. The monoisotopic (exact) mass is 361 g/mol. The van der Waals surface area contributed by atoms with E-state index in [0.29, 0.717) is 17.8 Å². The van der Waals surface area contributed by atoms with Crippen molar-refractivity contribution in [2.24, 2.45) is 0 Å². The lowest BCUT2D eigenvalue weighted by molar-refractivity contribution is -0.121. The molecule has 5 nitrogen and oxygen atoms in total. The summed E-state index contributed by atoms with van der Waals surface area (Å²) < 4.78 is 5.13. The van der Waals surface area contributed by atoms with Gasteiger partial charge in [-0.3, -0.25) is 4.79 Å². The topological polar surface area (TPSA) is 75.6 Å². The number of thiophene rings is 1. The number of amides is 1. The van der Waals surface area contributed by atoms with Crippen molar-refractivity contribution in [3.05, 3.63) is 51.7 Å². The molecule has 0 aliphatic heterocycles. The quantitative estimate of drug-likeness (QED) is 0.630. The maximum absolute atomic E-state index is 11.8. The Labute approximate surface area is 151 Å². The smallest absolute Gasteiger partial charge is 0.345 e. The van der Waals surface area contributed by atoms with Crippen LogP contribution >= 0.6 is 11.3 Å². The molecule has 0 spiro atoms. The van der Waals surface area contributed by atoms with Crippen LogP contribution in [0.4, 0.5) is 0 Å². The number of carbonyl (C=O) groups excluding carboxylic acids is 1. The Morgan fingerprint density at radius 3 is 2.48 bits per heavy atom. The molecule has 1 amide bonds. The first kappa shape index (κ1) is 19.0. The molecule has 25 heavy (non-hydrogen) atoms. The van der Waals surface area contributed by atoms with E-state index in [1.165, 1.54) is 16.9 Å². The molecule has 1 aromatic heterocycles. The number of hydrogen-bond acceptors (Lipinski definition) is 4. The number of aromatic carboxylic acids is 1. The summed E-state index contributed by atoms with van der Waals surface area (Å²) in [5.74, 6) is -0.0594. The van der Waals surface area contributed by atoms with Crippen molar-refractivity contribution in [1.82, 2.24) is 5.32 Å². The Kier molecular flexibility index (Phi) is 7.47. The number of rotatable bonds is 10. The van der Waals surface area contributed by atoms with Crippen molar-refractivity contribution in [2.45, 2.75) is 38.6 Å². The number of carboxylic acids is 1. The molecule has 1 aromatic carbocycles. The molecule has 0 radical (unpaired) electrons. The lowest BCUT2D eigenvalue weighted by Gasteiger charge is -2.05. The van der Waals surface area contributed by atoms with Crippen LogP contribution in [0.2, 0.25) is 0 Å². The minimum absolute atomic E-state index is 0.00900. The second-order valence-electron chi connectivity index (χ2n) is 5.76. The number of unbranched alkanes of at least 4 members (excludes halogenated alkanes) is 2. The van der Waals surface area contributed by atoms with E-state index in [0.717, 1.165) is 36.3 Å². The van der Waals surface area contributed by atoms with Gasteiger partial charge in [0.25, 0.3) is 0 Å². The molecule has 0 saturated carbocycles. The summed E-state index contributed by atoms with van der Waals surface area (Å²) >= 11 is 1.19. The fourth-order valence-electron chi connectivity index (χ4n) is 2.45. The molecule has 0 fully saturated rings. The lowest BCUT2D eigenvalue weighted by Crippen LogP contribution is -2.21. The summed E-state index contributed by atoms with van der Waals surface area (Å²) in [5.41, 5.74) is 1.28. The van der Waals surface area contributed by atoms with Gasteiger partial charge < -0.3 is 15.2 Å². The van der Waals surface area contributed by atoms with E-state index in [-0.39, 0.29) is 5.91 Å². The molecule has 0 bridgehead atoms. The van der Waals surface area contributed by atoms with E-state index in [1.807, 2.05) is 12.1 Å². The van der Waals surface area contributed by atoms with Gasteiger partial charge in [0.2, 0.25) is 5.91 Å². The van der Waals surface area contributed by atoms with Crippen LogP contribution < -0.4 is 10.1 Å². The van der Waals surface area contributed by atoms with Gasteiger partial charge in [-0.05, 0) is 49.1 Å². The van der Waals surface area contributed by atoms with E-state index in [9.17, 15) is 9.59 Å². The summed E-state index contributed by atoms with van der Waals surface area (Å²) in [6.45, 7) is 0.391. The Balaban J connectivity index is 1.57. The van der Waals surface area contributed by atoms with Crippen molar-refractivity contribution in [3.8, 4) is 5.75 Å². The largest absolute Gasteiger partial charge is 0.497 e.